The molecule has 1 saturated heterocycles. The normalized spacial score (nSPS) is 16.7. The molecule has 1 unspecified atom stereocenters. The standard InChI is InChI=1S/C26H30N2O6/c1-3-8-22(24(31)28-15-26(2,16-28)34-14-23(29)30)27-25(32)33-13-21-19-11-6-4-9-17(19)18-10-5-7-12-20(18)21/h4-7,9-12,21-22H,3,8,13-16H2,1-2H3,(H,27,32)(H,29,30). The van der Waals surface area contributed by atoms with Gasteiger partial charge < -0.3 is 24.8 Å². The second-order valence-electron chi connectivity index (χ2n) is 9.14. The molecule has 4 rings (SSSR count). The van der Waals surface area contributed by atoms with Crippen molar-refractivity contribution in [1.82, 2.24) is 10.2 Å². The van der Waals surface area contributed by atoms with Crippen LogP contribution in [0.2, 0.25) is 0 Å². The number of carboxylic acids is 1. The third-order valence-corrected chi connectivity index (χ3v) is 6.42. The van der Waals surface area contributed by atoms with Gasteiger partial charge >= 0.3 is 12.1 Å². The number of hydrogen-bond acceptors (Lipinski definition) is 5. The van der Waals surface area contributed by atoms with E-state index in [4.69, 9.17) is 14.6 Å². The first kappa shape index (κ1) is 23.8. The van der Waals surface area contributed by atoms with Gasteiger partial charge in [-0.15, -0.1) is 0 Å². The van der Waals surface area contributed by atoms with E-state index in [0.29, 0.717) is 12.8 Å². The number of alkyl carbamates (subject to hydrolysis) is 1. The van der Waals surface area contributed by atoms with Gasteiger partial charge in [0.2, 0.25) is 5.91 Å². The van der Waals surface area contributed by atoms with E-state index in [1.54, 1.807) is 11.8 Å². The third kappa shape index (κ3) is 4.92. The Labute approximate surface area is 198 Å². The van der Waals surface area contributed by atoms with Crippen molar-refractivity contribution in [3.8, 4) is 11.1 Å². The number of aliphatic carboxylic acids is 1. The van der Waals surface area contributed by atoms with Crippen LogP contribution in [0, 0.1) is 0 Å². The van der Waals surface area contributed by atoms with Crippen LogP contribution in [0.1, 0.15) is 43.7 Å². The summed E-state index contributed by atoms with van der Waals surface area (Å²) in [5.74, 6) is -1.32. The van der Waals surface area contributed by atoms with Crippen LogP contribution in [0.4, 0.5) is 4.79 Å². The van der Waals surface area contributed by atoms with Crippen molar-refractivity contribution in [3.05, 3.63) is 59.7 Å². The molecule has 8 nitrogen and oxygen atoms in total. The zero-order chi connectivity index (χ0) is 24.3. The van der Waals surface area contributed by atoms with Crippen LogP contribution in [0.25, 0.3) is 11.1 Å². The molecule has 0 bridgehead atoms. The first-order valence-electron chi connectivity index (χ1n) is 11.6. The van der Waals surface area contributed by atoms with Crippen molar-refractivity contribution >= 4 is 18.0 Å². The van der Waals surface area contributed by atoms with Crippen LogP contribution in [-0.2, 0) is 19.1 Å². The Hall–Kier alpha value is -3.39. The minimum Gasteiger partial charge on any atom is -0.480 e. The van der Waals surface area contributed by atoms with E-state index >= 15 is 0 Å². The molecule has 180 valence electrons. The number of nitrogens with zero attached hydrogens (tertiary/aromatic N) is 1. The molecule has 2 amide bonds. The fourth-order valence-electron chi connectivity index (χ4n) is 4.79. The molecule has 0 aromatic heterocycles. The number of rotatable bonds is 9. The topological polar surface area (TPSA) is 105 Å². The maximum atomic E-state index is 12.9. The third-order valence-electron chi connectivity index (χ3n) is 6.42. The van der Waals surface area contributed by atoms with Crippen molar-refractivity contribution < 1.29 is 29.0 Å². The second kappa shape index (κ2) is 9.85. The fraction of sp³-hybridized carbons (Fsp3) is 0.423. The number of carboxylic acid groups (broad SMARTS) is 1. The van der Waals surface area contributed by atoms with Gasteiger partial charge in [0.1, 0.15) is 24.9 Å². The van der Waals surface area contributed by atoms with Gasteiger partial charge in [-0.05, 0) is 35.6 Å². The van der Waals surface area contributed by atoms with Crippen LogP contribution in [0.3, 0.4) is 0 Å². The molecule has 2 aromatic rings. The second-order valence-corrected chi connectivity index (χ2v) is 9.14. The SMILES string of the molecule is CCCC(NC(=O)OCC1c2ccccc2-c2ccccc21)C(=O)N1CC(C)(OCC(=O)O)C1. The Bertz CT molecular complexity index is 1030. The molecular formula is C26H30N2O6. The molecule has 0 saturated carbocycles. The van der Waals surface area contributed by atoms with E-state index in [1.165, 1.54) is 0 Å². The van der Waals surface area contributed by atoms with Gasteiger partial charge in [0.15, 0.2) is 0 Å². The van der Waals surface area contributed by atoms with Gasteiger partial charge in [-0.3, -0.25) is 4.79 Å². The highest BCUT2D eigenvalue weighted by Crippen LogP contribution is 2.44. The quantitative estimate of drug-likeness (QED) is 0.587. The summed E-state index contributed by atoms with van der Waals surface area (Å²) in [6.45, 7) is 4.05. The molecule has 1 aliphatic heterocycles. The van der Waals surface area contributed by atoms with Crippen molar-refractivity contribution in [2.45, 2.75) is 44.2 Å². The molecule has 2 aromatic carbocycles. The van der Waals surface area contributed by atoms with Crippen molar-refractivity contribution in [2.75, 3.05) is 26.3 Å². The summed E-state index contributed by atoms with van der Waals surface area (Å²) in [4.78, 5) is 37.9. The number of benzene rings is 2. The summed E-state index contributed by atoms with van der Waals surface area (Å²) in [6.07, 6.45) is 0.562. The number of fused-ring (bicyclic) bond motifs is 3. The Kier molecular flexibility index (Phi) is 6.88. The number of hydrogen-bond donors (Lipinski definition) is 2. The van der Waals surface area contributed by atoms with Crippen molar-refractivity contribution in [2.24, 2.45) is 0 Å². The van der Waals surface area contributed by atoms with Gasteiger partial charge in [0, 0.05) is 5.92 Å². The summed E-state index contributed by atoms with van der Waals surface area (Å²) in [7, 11) is 0. The number of likely N-dealkylation sites (tertiary alicyclic amines) is 1. The lowest BCUT2D eigenvalue weighted by atomic mass is 9.94. The number of amides is 2. The molecule has 2 N–H and O–H groups in total. The van der Waals surface area contributed by atoms with Crippen LogP contribution in [0.15, 0.2) is 48.5 Å². The molecule has 2 aliphatic rings. The lowest BCUT2D eigenvalue weighted by Crippen LogP contribution is -2.66. The van der Waals surface area contributed by atoms with E-state index < -0.39 is 30.3 Å². The zero-order valence-electron chi connectivity index (χ0n) is 19.5. The largest absolute Gasteiger partial charge is 0.480 e. The molecule has 1 heterocycles. The Balaban J connectivity index is 1.34. The van der Waals surface area contributed by atoms with Crippen LogP contribution in [0.5, 0.6) is 0 Å². The average Bonchev–Trinajstić information content (AvgIpc) is 3.12. The number of nitrogens with one attached hydrogen (secondary N) is 1. The van der Waals surface area contributed by atoms with Gasteiger partial charge in [-0.25, -0.2) is 9.59 Å². The van der Waals surface area contributed by atoms with E-state index in [2.05, 4.69) is 29.6 Å². The Morgan fingerprint density at radius 3 is 2.24 bits per heavy atom. The van der Waals surface area contributed by atoms with Crippen LogP contribution in [-0.4, -0.2) is 65.9 Å². The molecular weight excluding hydrogens is 436 g/mol. The number of carbonyl (C=O) groups is 3. The van der Waals surface area contributed by atoms with Gasteiger partial charge in [0.25, 0.3) is 0 Å². The fourth-order valence-corrected chi connectivity index (χ4v) is 4.79. The summed E-state index contributed by atoms with van der Waals surface area (Å²) in [5, 5.41) is 11.5. The monoisotopic (exact) mass is 466 g/mol. The van der Waals surface area contributed by atoms with E-state index in [-0.39, 0.29) is 31.5 Å². The highest BCUT2D eigenvalue weighted by molar-refractivity contribution is 5.86. The van der Waals surface area contributed by atoms with E-state index in [9.17, 15) is 14.4 Å². The molecule has 1 aliphatic carbocycles. The minimum absolute atomic E-state index is 0.0547. The molecule has 0 spiro atoms. The van der Waals surface area contributed by atoms with Crippen LogP contribution >= 0.6 is 0 Å². The summed E-state index contributed by atoms with van der Waals surface area (Å²) >= 11 is 0. The van der Waals surface area contributed by atoms with Crippen molar-refractivity contribution in [3.63, 3.8) is 0 Å². The summed E-state index contributed by atoms with van der Waals surface area (Å²) in [6, 6.07) is 15.5. The maximum absolute atomic E-state index is 12.9. The number of carbonyl (C=O) groups excluding carboxylic acids is 2. The van der Waals surface area contributed by atoms with Crippen LogP contribution < -0.4 is 5.32 Å². The van der Waals surface area contributed by atoms with Gasteiger partial charge in [-0.1, -0.05) is 61.9 Å². The van der Waals surface area contributed by atoms with E-state index in [0.717, 1.165) is 22.3 Å². The lowest BCUT2D eigenvalue weighted by Gasteiger charge is -2.48. The maximum Gasteiger partial charge on any atom is 0.407 e. The molecule has 0 radical (unpaired) electrons. The molecule has 8 heteroatoms. The van der Waals surface area contributed by atoms with Gasteiger partial charge in [0.05, 0.1) is 13.1 Å². The summed E-state index contributed by atoms with van der Waals surface area (Å²) < 4.78 is 11.0. The Morgan fingerprint density at radius 1 is 1.09 bits per heavy atom. The first-order chi connectivity index (χ1) is 16.3. The van der Waals surface area contributed by atoms with E-state index in [1.807, 2.05) is 31.2 Å². The predicted molar refractivity (Wildman–Crippen MR) is 125 cm³/mol. The summed E-state index contributed by atoms with van der Waals surface area (Å²) in [5.41, 5.74) is 3.86. The van der Waals surface area contributed by atoms with Crippen molar-refractivity contribution in [1.29, 1.82) is 0 Å². The molecule has 34 heavy (non-hydrogen) atoms. The zero-order valence-corrected chi connectivity index (χ0v) is 19.5. The average molecular weight is 467 g/mol. The lowest BCUT2D eigenvalue weighted by molar-refractivity contribution is -0.174. The number of ether oxygens (including phenoxy) is 2. The first-order valence-corrected chi connectivity index (χ1v) is 11.6. The van der Waals surface area contributed by atoms with Gasteiger partial charge in [-0.2, -0.15) is 0 Å². The predicted octanol–water partition coefficient (Wildman–Crippen LogP) is 3.40. The molecule has 1 fully saturated rings. The molecule has 1 atom stereocenters. The smallest absolute Gasteiger partial charge is 0.407 e. The minimum atomic E-state index is -1.05. The Morgan fingerprint density at radius 2 is 1.68 bits per heavy atom. The highest BCUT2D eigenvalue weighted by Gasteiger charge is 2.44. The highest BCUT2D eigenvalue weighted by atomic mass is 16.5.